The molecule has 1 saturated heterocycles. The summed E-state index contributed by atoms with van der Waals surface area (Å²) >= 11 is 0. The fraction of sp³-hybridized carbons (Fsp3) is 0.444. The molecule has 1 aromatic carbocycles. The topological polar surface area (TPSA) is 70.2 Å². The number of H-pyrrole nitrogens is 1. The number of ether oxygens (including phenoxy) is 1. The van der Waals surface area contributed by atoms with Gasteiger partial charge in [-0.1, -0.05) is 17.7 Å². The zero-order valence-corrected chi connectivity index (χ0v) is 13.8. The van der Waals surface area contributed by atoms with E-state index in [1.54, 1.807) is 6.20 Å². The minimum Gasteiger partial charge on any atom is -0.491 e. The third kappa shape index (κ3) is 2.72. The molecule has 2 amide bonds. The van der Waals surface area contributed by atoms with E-state index in [1.165, 1.54) is 5.56 Å². The molecule has 2 aliphatic heterocycles. The molecule has 0 aliphatic carbocycles. The maximum absolute atomic E-state index is 12.9. The second kappa shape index (κ2) is 6.19. The molecule has 4 rings (SSSR count). The van der Waals surface area contributed by atoms with Gasteiger partial charge in [0.2, 0.25) is 0 Å². The van der Waals surface area contributed by atoms with E-state index >= 15 is 0 Å². The summed E-state index contributed by atoms with van der Waals surface area (Å²) < 4.78 is 5.70. The summed E-state index contributed by atoms with van der Waals surface area (Å²) in [5.74, 6) is 1.73. The van der Waals surface area contributed by atoms with Crippen molar-refractivity contribution in [1.82, 2.24) is 20.2 Å². The van der Waals surface area contributed by atoms with E-state index < -0.39 is 0 Å². The van der Waals surface area contributed by atoms with E-state index in [0.29, 0.717) is 6.61 Å². The van der Waals surface area contributed by atoms with Gasteiger partial charge in [-0.05, 0) is 32.3 Å². The Kier molecular flexibility index (Phi) is 3.88. The number of nitrogens with one attached hydrogen (secondary N) is 2. The molecule has 0 unspecified atom stereocenters. The minimum absolute atomic E-state index is 0.0213. The number of hydrogen-bond donors (Lipinski definition) is 2. The Labute approximate surface area is 141 Å². The van der Waals surface area contributed by atoms with Crippen LogP contribution in [0.2, 0.25) is 0 Å². The molecule has 1 aromatic heterocycles. The van der Waals surface area contributed by atoms with Crippen molar-refractivity contribution in [3.8, 4) is 5.75 Å². The van der Waals surface area contributed by atoms with Crippen molar-refractivity contribution in [3.05, 3.63) is 47.5 Å². The molecule has 6 heteroatoms. The van der Waals surface area contributed by atoms with Gasteiger partial charge in [0, 0.05) is 24.5 Å². The number of hydrogen-bond acceptors (Lipinski definition) is 3. The Morgan fingerprint density at radius 1 is 1.42 bits per heavy atom. The number of benzene rings is 1. The van der Waals surface area contributed by atoms with Crippen LogP contribution >= 0.6 is 0 Å². The van der Waals surface area contributed by atoms with Gasteiger partial charge in [0.15, 0.2) is 0 Å². The van der Waals surface area contributed by atoms with Crippen LogP contribution in [0.5, 0.6) is 5.75 Å². The van der Waals surface area contributed by atoms with Crippen LogP contribution < -0.4 is 10.1 Å². The Balaban J connectivity index is 1.51. The Morgan fingerprint density at radius 3 is 3.17 bits per heavy atom. The number of carbonyl (C=O) groups is 1. The molecule has 2 aliphatic rings. The van der Waals surface area contributed by atoms with Gasteiger partial charge < -0.3 is 19.9 Å². The highest BCUT2D eigenvalue weighted by molar-refractivity contribution is 5.75. The number of nitrogens with zero attached hydrogens (tertiary/aromatic N) is 2. The molecule has 2 atom stereocenters. The number of aryl methyl sites for hydroxylation is 1. The van der Waals surface area contributed by atoms with Crippen LogP contribution in [0.15, 0.2) is 30.6 Å². The first-order chi connectivity index (χ1) is 11.7. The van der Waals surface area contributed by atoms with Gasteiger partial charge in [-0.2, -0.15) is 0 Å². The average molecular weight is 326 g/mol. The van der Waals surface area contributed by atoms with Crippen molar-refractivity contribution < 1.29 is 9.53 Å². The number of piperidine rings is 1. The molecule has 0 radical (unpaired) electrons. The predicted molar refractivity (Wildman–Crippen MR) is 89.8 cm³/mol. The summed E-state index contributed by atoms with van der Waals surface area (Å²) in [5.41, 5.74) is 2.24. The first kappa shape index (κ1) is 15.1. The lowest BCUT2D eigenvalue weighted by molar-refractivity contribution is 0.143. The number of urea groups is 1. The maximum atomic E-state index is 12.9. The summed E-state index contributed by atoms with van der Waals surface area (Å²) in [4.78, 5) is 22.3. The summed E-state index contributed by atoms with van der Waals surface area (Å²) in [7, 11) is 0. The van der Waals surface area contributed by atoms with E-state index in [0.717, 1.165) is 42.9 Å². The molecular formula is C18H22N4O2. The van der Waals surface area contributed by atoms with Crippen LogP contribution in [0.4, 0.5) is 4.79 Å². The molecule has 6 nitrogen and oxygen atoms in total. The smallest absolute Gasteiger partial charge is 0.318 e. The SMILES string of the molecule is Cc1ccc2c(c1)[C@@H](NC(=O)N1CCCC[C@H]1c1ncc[nH]1)CO2. The van der Waals surface area contributed by atoms with Crippen LogP contribution in [0.25, 0.3) is 0 Å². The number of fused-ring (bicyclic) bond motifs is 1. The van der Waals surface area contributed by atoms with Gasteiger partial charge in [0.25, 0.3) is 0 Å². The van der Waals surface area contributed by atoms with Crippen LogP contribution in [0, 0.1) is 6.92 Å². The summed E-state index contributed by atoms with van der Waals surface area (Å²) in [5, 5.41) is 3.14. The molecule has 2 N–H and O–H groups in total. The first-order valence-corrected chi connectivity index (χ1v) is 8.52. The van der Waals surface area contributed by atoms with Crippen molar-refractivity contribution in [2.75, 3.05) is 13.2 Å². The lowest BCUT2D eigenvalue weighted by Gasteiger charge is -2.35. The van der Waals surface area contributed by atoms with Gasteiger partial charge in [-0.15, -0.1) is 0 Å². The van der Waals surface area contributed by atoms with Crippen LogP contribution in [0.3, 0.4) is 0 Å². The van der Waals surface area contributed by atoms with Crippen LogP contribution in [-0.2, 0) is 0 Å². The standard InChI is InChI=1S/C18H22N4O2/c1-12-5-6-16-13(10-12)14(11-24-16)21-18(23)22-9-3-2-4-15(22)17-19-7-8-20-17/h5-8,10,14-15H,2-4,9,11H2,1H3,(H,19,20)(H,21,23)/t14-,15-/m0/s1. The third-order valence-corrected chi connectivity index (χ3v) is 4.84. The Morgan fingerprint density at radius 2 is 2.33 bits per heavy atom. The molecule has 126 valence electrons. The van der Waals surface area contributed by atoms with Crippen molar-refractivity contribution in [2.24, 2.45) is 0 Å². The first-order valence-electron chi connectivity index (χ1n) is 8.52. The van der Waals surface area contributed by atoms with Crippen molar-refractivity contribution in [2.45, 2.75) is 38.3 Å². The second-order valence-electron chi connectivity index (χ2n) is 6.53. The number of likely N-dealkylation sites (tertiary alicyclic amines) is 1. The molecule has 0 saturated carbocycles. The average Bonchev–Trinajstić information content (AvgIpc) is 3.25. The highest BCUT2D eigenvalue weighted by atomic mass is 16.5. The summed E-state index contributed by atoms with van der Waals surface area (Å²) in [6, 6.07) is 5.98. The van der Waals surface area contributed by atoms with Gasteiger partial charge in [-0.3, -0.25) is 0 Å². The number of aromatic nitrogens is 2. The fourth-order valence-corrected chi connectivity index (χ4v) is 3.60. The van der Waals surface area contributed by atoms with Gasteiger partial charge in [-0.25, -0.2) is 9.78 Å². The summed E-state index contributed by atoms with van der Waals surface area (Å²) in [6.45, 7) is 3.30. The van der Waals surface area contributed by atoms with Crippen molar-refractivity contribution in [1.29, 1.82) is 0 Å². The highest BCUT2D eigenvalue weighted by Gasteiger charge is 2.33. The molecular weight excluding hydrogens is 304 g/mol. The van der Waals surface area contributed by atoms with E-state index in [2.05, 4.69) is 28.3 Å². The number of carbonyl (C=O) groups excluding carboxylic acids is 1. The zero-order chi connectivity index (χ0) is 16.5. The monoisotopic (exact) mass is 326 g/mol. The molecule has 1 fully saturated rings. The van der Waals surface area contributed by atoms with E-state index in [9.17, 15) is 4.79 Å². The molecule has 3 heterocycles. The van der Waals surface area contributed by atoms with Gasteiger partial charge in [0.05, 0.1) is 12.1 Å². The molecule has 0 bridgehead atoms. The number of aromatic amines is 1. The highest BCUT2D eigenvalue weighted by Crippen LogP contribution is 2.34. The molecule has 2 aromatic rings. The largest absolute Gasteiger partial charge is 0.491 e. The van der Waals surface area contributed by atoms with Crippen LogP contribution in [-0.4, -0.2) is 34.1 Å². The fourth-order valence-electron chi connectivity index (χ4n) is 3.60. The molecule has 0 spiro atoms. The minimum atomic E-state index is -0.0911. The normalized spacial score (nSPS) is 22.8. The molecule has 24 heavy (non-hydrogen) atoms. The predicted octanol–water partition coefficient (Wildman–Crippen LogP) is 3.09. The van der Waals surface area contributed by atoms with Crippen molar-refractivity contribution >= 4 is 6.03 Å². The lowest BCUT2D eigenvalue weighted by Crippen LogP contribution is -2.46. The lowest BCUT2D eigenvalue weighted by atomic mass is 10.0. The third-order valence-electron chi connectivity index (χ3n) is 4.84. The van der Waals surface area contributed by atoms with Gasteiger partial charge >= 0.3 is 6.03 Å². The Hall–Kier alpha value is -2.50. The second-order valence-corrected chi connectivity index (χ2v) is 6.53. The van der Waals surface area contributed by atoms with Crippen LogP contribution in [0.1, 0.15) is 48.3 Å². The Bertz CT molecular complexity index is 729. The van der Waals surface area contributed by atoms with Gasteiger partial charge in [0.1, 0.15) is 18.2 Å². The number of amides is 2. The number of imidazole rings is 1. The number of rotatable bonds is 2. The van der Waals surface area contributed by atoms with E-state index in [1.807, 2.05) is 23.2 Å². The zero-order valence-electron chi connectivity index (χ0n) is 13.8. The van der Waals surface area contributed by atoms with E-state index in [-0.39, 0.29) is 18.1 Å². The van der Waals surface area contributed by atoms with Crippen molar-refractivity contribution in [3.63, 3.8) is 0 Å². The quantitative estimate of drug-likeness (QED) is 0.891. The van der Waals surface area contributed by atoms with E-state index in [4.69, 9.17) is 4.74 Å². The maximum Gasteiger partial charge on any atom is 0.318 e. The summed E-state index contributed by atoms with van der Waals surface area (Å²) in [6.07, 6.45) is 6.64.